The zero-order valence-electron chi connectivity index (χ0n) is 18.8. The molecule has 0 saturated carbocycles. The summed E-state index contributed by atoms with van der Waals surface area (Å²) < 4.78 is 38.5. The van der Waals surface area contributed by atoms with Crippen LogP contribution in [0.25, 0.3) is 0 Å². The summed E-state index contributed by atoms with van der Waals surface area (Å²) in [5, 5.41) is 0. The minimum atomic E-state index is -3.77. The molecule has 4 rings (SSSR count). The Bertz CT molecular complexity index is 1160. The van der Waals surface area contributed by atoms with Gasteiger partial charge in [0.15, 0.2) is 0 Å². The van der Waals surface area contributed by atoms with Crippen molar-refractivity contribution < 1.29 is 27.5 Å². The third kappa shape index (κ3) is 4.35. The maximum absolute atomic E-state index is 13.8. The summed E-state index contributed by atoms with van der Waals surface area (Å²) in [6.07, 6.45) is 3.95. The predicted octanol–water partition coefficient (Wildman–Crippen LogP) is 3.00. The molecule has 1 saturated heterocycles. The normalized spacial score (nSPS) is 19.0. The van der Waals surface area contributed by atoms with Crippen molar-refractivity contribution in [1.29, 1.82) is 0 Å². The van der Waals surface area contributed by atoms with Gasteiger partial charge in [-0.1, -0.05) is 31.0 Å². The minimum Gasteiger partial charge on any atom is -0.496 e. The first-order valence-electron chi connectivity index (χ1n) is 11.1. The van der Waals surface area contributed by atoms with Gasteiger partial charge in [-0.15, -0.1) is 0 Å². The minimum absolute atomic E-state index is 0.0376. The van der Waals surface area contributed by atoms with Gasteiger partial charge in [-0.25, -0.2) is 13.2 Å². The summed E-state index contributed by atoms with van der Waals surface area (Å²) in [5.74, 6) is -0.810. The van der Waals surface area contributed by atoms with Crippen LogP contribution in [-0.4, -0.2) is 58.0 Å². The lowest BCUT2D eigenvalue weighted by atomic mass is 10.1. The molecule has 8 nitrogen and oxygen atoms in total. The van der Waals surface area contributed by atoms with Crippen molar-refractivity contribution in [3.8, 4) is 5.75 Å². The van der Waals surface area contributed by atoms with Crippen molar-refractivity contribution in [2.24, 2.45) is 0 Å². The van der Waals surface area contributed by atoms with Crippen LogP contribution in [0.2, 0.25) is 0 Å². The predicted molar refractivity (Wildman–Crippen MR) is 123 cm³/mol. The summed E-state index contributed by atoms with van der Waals surface area (Å²) >= 11 is 0. The first-order valence-corrected chi connectivity index (χ1v) is 12.5. The largest absolute Gasteiger partial charge is 0.496 e. The van der Waals surface area contributed by atoms with Crippen molar-refractivity contribution in [3.05, 3.63) is 53.6 Å². The van der Waals surface area contributed by atoms with Crippen LogP contribution in [0.4, 0.5) is 5.69 Å². The summed E-state index contributed by atoms with van der Waals surface area (Å²) in [4.78, 5) is 27.7. The second kappa shape index (κ2) is 9.52. The molecule has 0 radical (unpaired) electrons. The van der Waals surface area contributed by atoms with E-state index in [1.54, 1.807) is 12.1 Å². The van der Waals surface area contributed by atoms with Gasteiger partial charge in [-0.05, 0) is 42.7 Å². The zero-order valence-corrected chi connectivity index (χ0v) is 19.6. The van der Waals surface area contributed by atoms with E-state index >= 15 is 0 Å². The van der Waals surface area contributed by atoms with Crippen LogP contribution < -0.4 is 9.64 Å². The van der Waals surface area contributed by atoms with Crippen molar-refractivity contribution in [2.75, 3.05) is 32.2 Å². The van der Waals surface area contributed by atoms with Crippen molar-refractivity contribution in [2.45, 2.75) is 43.0 Å². The quantitative estimate of drug-likeness (QED) is 0.621. The topological polar surface area (TPSA) is 93.2 Å². The molecule has 2 aromatic rings. The second-order valence-corrected chi connectivity index (χ2v) is 10.2. The number of methoxy groups -OCH3 is 2. The number of nitrogens with zero attached hydrogens (tertiary/aromatic N) is 2. The fourth-order valence-corrected chi connectivity index (χ4v) is 6.08. The van der Waals surface area contributed by atoms with Crippen LogP contribution >= 0.6 is 0 Å². The molecular weight excluding hydrogens is 444 g/mol. The van der Waals surface area contributed by atoms with Crippen molar-refractivity contribution in [1.82, 2.24) is 4.31 Å². The number of carbonyl (C=O) groups excluding carboxylic acids is 2. The Morgan fingerprint density at radius 3 is 2.33 bits per heavy atom. The smallest absolute Gasteiger partial charge is 0.329 e. The molecule has 0 aromatic heterocycles. The summed E-state index contributed by atoms with van der Waals surface area (Å²) in [5.41, 5.74) is 1.52. The summed E-state index contributed by atoms with van der Waals surface area (Å²) in [6.45, 7) is 0.920. The van der Waals surface area contributed by atoms with Gasteiger partial charge in [0.25, 0.3) is 5.91 Å². The number of fused-ring (bicyclic) bond motifs is 1. The van der Waals surface area contributed by atoms with Crippen LogP contribution in [0.15, 0.2) is 47.4 Å². The molecule has 9 heteroatoms. The third-order valence-electron chi connectivity index (χ3n) is 6.27. The van der Waals surface area contributed by atoms with E-state index in [4.69, 9.17) is 9.47 Å². The number of hydrogen-bond acceptors (Lipinski definition) is 6. The SMILES string of the molecule is COC(=O)C1Cc2ccccc2N1C(=O)c1cc(S(=O)(=O)N2CCCCCC2)ccc1OC. The van der Waals surface area contributed by atoms with E-state index < -0.39 is 27.9 Å². The lowest BCUT2D eigenvalue weighted by Gasteiger charge is -2.25. The number of amides is 1. The molecule has 0 spiro atoms. The Balaban J connectivity index is 1.76. The highest BCUT2D eigenvalue weighted by atomic mass is 32.2. The Morgan fingerprint density at radius 1 is 0.970 bits per heavy atom. The number of anilines is 1. The number of rotatable bonds is 5. The maximum atomic E-state index is 13.8. The molecule has 0 N–H and O–H groups in total. The zero-order chi connectivity index (χ0) is 23.6. The molecule has 0 bridgehead atoms. The van der Waals surface area contributed by atoms with Crippen LogP contribution in [0.1, 0.15) is 41.6 Å². The molecule has 1 fully saturated rings. The number of benzene rings is 2. The lowest BCUT2D eigenvalue weighted by Crippen LogP contribution is -2.43. The number of carbonyl (C=O) groups is 2. The van der Waals surface area contributed by atoms with E-state index in [1.807, 2.05) is 12.1 Å². The van der Waals surface area contributed by atoms with E-state index in [1.165, 1.54) is 41.6 Å². The maximum Gasteiger partial charge on any atom is 0.329 e. The Kier molecular flexibility index (Phi) is 6.71. The van der Waals surface area contributed by atoms with Crippen LogP contribution in [0.3, 0.4) is 0 Å². The van der Waals surface area contributed by atoms with E-state index in [9.17, 15) is 18.0 Å². The van der Waals surface area contributed by atoms with Gasteiger partial charge in [-0.2, -0.15) is 4.31 Å². The van der Waals surface area contributed by atoms with Gasteiger partial charge in [0.1, 0.15) is 11.8 Å². The lowest BCUT2D eigenvalue weighted by molar-refractivity contribution is -0.141. The average molecular weight is 473 g/mol. The highest BCUT2D eigenvalue weighted by Gasteiger charge is 2.40. The van der Waals surface area contributed by atoms with E-state index in [-0.39, 0.29) is 16.2 Å². The first-order chi connectivity index (χ1) is 15.9. The number of hydrogen-bond donors (Lipinski definition) is 0. The standard InChI is InChI=1S/C24H28N2O6S/c1-31-22-12-11-18(33(29,30)25-13-7-3-4-8-14-25)16-19(22)23(27)26-20-10-6-5-9-17(20)15-21(26)24(28)32-2/h5-6,9-12,16,21H,3-4,7-8,13-15H2,1-2H3. The molecular formula is C24H28N2O6S. The number of esters is 1. The highest BCUT2D eigenvalue weighted by Crippen LogP contribution is 2.36. The molecule has 1 atom stereocenters. The number of sulfonamides is 1. The van der Waals surface area contributed by atoms with Crippen LogP contribution in [0.5, 0.6) is 5.75 Å². The third-order valence-corrected chi connectivity index (χ3v) is 8.17. The Morgan fingerprint density at radius 2 is 1.67 bits per heavy atom. The number of para-hydroxylation sites is 1. The molecule has 0 aliphatic carbocycles. The van der Waals surface area contributed by atoms with Crippen molar-refractivity contribution in [3.63, 3.8) is 0 Å². The Hall–Kier alpha value is -2.91. The second-order valence-electron chi connectivity index (χ2n) is 8.23. The van der Waals surface area contributed by atoms with Crippen LogP contribution in [0, 0.1) is 0 Å². The molecule has 2 aliphatic heterocycles. The molecule has 33 heavy (non-hydrogen) atoms. The Labute approximate surface area is 194 Å². The number of ether oxygens (including phenoxy) is 2. The molecule has 2 heterocycles. The monoisotopic (exact) mass is 472 g/mol. The van der Waals surface area contributed by atoms with Gasteiger partial charge in [0.05, 0.1) is 24.7 Å². The van der Waals surface area contributed by atoms with Gasteiger partial charge in [0, 0.05) is 25.2 Å². The summed E-state index contributed by atoms with van der Waals surface area (Å²) in [6, 6.07) is 10.7. The molecule has 2 aliphatic rings. The first kappa shape index (κ1) is 23.3. The van der Waals surface area contributed by atoms with Crippen LogP contribution in [-0.2, 0) is 26.0 Å². The highest BCUT2D eigenvalue weighted by molar-refractivity contribution is 7.89. The molecule has 176 valence electrons. The fraction of sp³-hybridized carbons (Fsp3) is 0.417. The van der Waals surface area contributed by atoms with E-state index in [0.29, 0.717) is 25.2 Å². The summed E-state index contributed by atoms with van der Waals surface area (Å²) in [7, 11) is -1.07. The molecule has 1 unspecified atom stereocenters. The average Bonchev–Trinajstić information content (AvgIpc) is 3.00. The van der Waals surface area contributed by atoms with Gasteiger partial charge in [0.2, 0.25) is 10.0 Å². The fourth-order valence-electron chi connectivity index (χ4n) is 4.54. The van der Waals surface area contributed by atoms with Crippen molar-refractivity contribution >= 4 is 27.6 Å². The van der Waals surface area contributed by atoms with Gasteiger partial charge < -0.3 is 9.47 Å². The van der Waals surface area contributed by atoms with E-state index in [0.717, 1.165) is 31.2 Å². The van der Waals surface area contributed by atoms with Gasteiger partial charge >= 0.3 is 5.97 Å². The molecule has 2 aromatic carbocycles. The van der Waals surface area contributed by atoms with E-state index in [2.05, 4.69) is 0 Å². The van der Waals surface area contributed by atoms with Gasteiger partial charge in [-0.3, -0.25) is 9.69 Å². The molecule has 1 amide bonds.